The number of rotatable bonds is 6. The van der Waals surface area contributed by atoms with Crippen molar-refractivity contribution in [3.63, 3.8) is 0 Å². The van der Waals surface area contributed by atoms with Crippen LogP contribution in [0.5, 0.6) is 0 Å². The van der Waals surface area contributed by atoms with Crippen LogP contribution in [0.2, 0.25) is 0 Å². The maximum atomic E-state index is 12.6. The van der Waals surface area contributed by atoms with Crippen molar-refractivity contribution in [2.75, 3.05) is 27.2 Å². The molecule has 5 nitrogen and oxygen atoms in total. The van der Waals surface area contributed by atoms with E-state index in [1.165, 1.54) is 24.1 Å². The van der Waals surface area contributed by atoms with Gasteiger partial charge in [0.2, 0.25) is 0 Å². The Labute approximate surface area is 143 Å². The molecule has 1 aromatic heterocycles. The number of aromatic amines is 1. The van der Waals surface area contributed by atoms with E-state index >= 15 is 0 Å². The minimum absolute atomic E-state index is 0.0167. The van der Waals surface area contributed by atoms with Crippen LogP contribution in [0, 0.1) is 0 Å². The van der Waals surface area contributed by atoms with E-state index in [2.05, 4.69) is 20.4 Å². The van der Waals surface area contributed by atoms with Gasteiger partial charge in [0.25, 0.3) is 5.91 Å². The first-order valence-corrected chi connectivity index (χ1v) is 8.75. The third-order valence-electron chi connectivity index (χ3n) is 4.55. The zero-order valence-corrected chi connectivity index (χ0v) is 14.6. The molecule has 0 radical (unpaired) electrons. The monoisotopic (exact) mass is 326 g/mol. The molecule has 1 aliphatic rings. The molecular weight excluding hydrogens is 300 g/mol. The second-order valence-corrected chi connectivity index (χ2v) is 6.69. The summed E-state index contributed by atoms with van der Waals surface area (Å²) >= 11 is 0. The van der Waals surface area contributed by atoms with Gasteiger partial charge in [-0.25, -0.2) is 0 Å². The van der Waals surface area contributed by atoms with Crippen molar-refractivity contribution in [3.05, 3.63) is 41.1 Å². The molecular formula is C19H26N4O. The number of fused-ring (bicyclic) bond motifs is 1. The van der Waals surface area contributed by atoms with Crippen LogP contribution < -0.4 is 5.32 Å². The molecule has 0 atom stereocenters. The molecule has 1 aliphatic carbocycles. The smallest absolute Gasteiger partial charge is 0.251 e. The number of amides is 1. The van der Waals surface area contributed by atoms with Crippen LogP contribution in [0.25, 0.3) is 11.3 Å². The van der Waals surface area contributed by atoms with Gasteiger partial charge in [-0.05, 0) is 58.8 Å². The Morgan fingerprint density at radius 1 is 1.25 bits per heavy atom. The van der Waals surface area contributed by atoms with Crippen LogP contribution >= 0.6 is 0 Å². The standard InChI is InChI=1S/C19H26N4O/c1-23(2)13-7-12-20-19(24)15-9-4-3-8-14(15)18-16-10-5-6-11-17(16)21-22-18/h3-4,8-9H,5-7,10-13H2,1-2H3,(H,20,24)(H,21,22). The van der Waals surface area contributed by atoms with Crippen LogP contribution in [0.3, 0.4) is 0 Å². The summed E-state index contributed by atoms with van der Waals surface area (Å²) in [5.74, 6) is -0.0167. The molecule has 0 bridgehead atoms. The summed E-state index contributed by atoms with van der Waals surface area (Å²) in [6.07, 6.45) is 5.45. The summed E-state index contributed by atoms with van der Waals surface area (Å²) in [5, 5.41) is 10.7. The lowest BCUT2D eigenvalue weighted by Crippen LogP contribution is -2.27. The number of carbonyl (C=O) groups excluding carboxylic acids is 1. The highest BCUT2D eigenvalue weighted by atomic mass is 16.1. The average Bonchev–Trinajstić information content (AvgIpc) is 3.02. The molecule has 1 heterocycles. The summed E-state index contributed by atoms with van der Waals surface area (Å²) in [6, 6.07) is 7.78. The van der Waals surface area contributed by atoms with Gasteiger partial charge in [-0.2, -0.15) is 5.10 Å². The lowest BCUT2D eigenvalue weighted by Gasteiger charge is -2.14. The molecule has 3 rings (SSSR count). The van der Waals surface area contributed by atoms with E-state index in [-0.39, 0.29) is 5.91 Å². The van der Waals surface area contributed by atoms with Crippen molar-refractivity contribution in [2.45, 2.75) is 32.1 Å². The van der Waals surface area contributed by atoms with Crippen molar-refractivity contribution in [1.29, 1.82) is 0 Å². The van der Waals surface area contributed by atoms with Crippen LogP contribution in [-0.2, 0) is 12.8 Å². The molecule has 0 saturated carbocycles. The maximum absolute atomic E-state index is 12.6. The molecule has 0 spiro atoms. The molecule has 24 heavy (non-hydrogen) atoms. The first-order valence-electron chi connectivity index (χ1n) is 8.75. The van der Waals surface area contributed by atoms with Crippen molar-refractivity contribution >= 4 is 5.91 Å². The van der Waals surface area contributed by atoms with E-state index in [4.69, 9.17) is 0 Å². The van der Waals surface area contributed by atoms with E-state index in [1.807, 2.05) is 38.4 Å². The Morgan fingerprint density at radius 3 is 2.88 bits per heavy atom. The molecule has 128 valence electrons. The highest BCUT2D eigenvalue weighted by Crippen LogP contribution is 2.31. The molecule has 1 aromatic carbocycles. The molecule has 0 saturated heterocycles. The summed E-state index contributed by atoms with van der Waals surface area (Å²) in [4.78, 5) is 14.7. The van der Waals surface area contributed by atoms with Crippen molar-refractivity contribution in [2.24, 2.45) is 0 Å². The quantitative estimate of drug-likeness (QED) is 0.802. The number of hydrogen-bond acceptors (Lipinski definition) is 3. The lowest BCUT2D eigenvalue weighted by atomic mass is 9.92. The highest BCUT2D eigenvalue weighted by molar-refractivity contribution is 6.00. The van der Waals surface area contributed by atoms with E-state index in [0.29, 0.717) is 12.1 Å². The first-order chi connectivity index (χ1) is 11.7. The predicted molar refractivity (Wildman–Crippen MR) is 96.2 cm³/mol. The maximum Gasteiger partial charge on any atom is 0.251 e. The molecule has 5 heteroatoms. The van der Waals surface area contributed by atoms with Crippen LogP contribution in [0.15, 0.2) is 24.3 Å². The van der Waals surface area contributed by atoms with Crippen LogP contribution in [0.4, 0.5) is 0 Å². The minimum atomic E-state index is -0.0167. The molecule has 1 amide bonds. The number of nitrogens with zero attached hydrogens (tertiary/aromatic N) is 2. The topological polar surface area (TPSA) is 61.0 Å². The van der Waals surface area contributed by atoms with Gasteiger partial charge in [0.05, 0.1) is 5.69 Å². The van der Waals surface area contributed by atoms with Crippen LogP contribution in [-0.4, -0.2) is 48.2 Å². The third-order valence-corrected chi connectivity index (χ3v) is 4.55. The molecule has 2 N–H and O–H groups in total. The lowest BCUT2D eigenvalue weighted by molar-refractivity contribution is 0.0953. The zero-order valence-electron chi connectivity index (χ0n) is 14.6. The Kier molecular flexibility index (Phi) is 5.30. The molecule has 0 aliphatic heterocycles. The largest absolute Gasteiger partial charge is 0.352 e. The van der Waals surface area contributed by atoms with Crippen molar-refractivity contribution < 1.29 is 4.79 Å². The summed E-state index contributed by atoms with van der Waals surface area (Å²) in [6.45, 7) is 1.65. The van der Waals surface area contributed by atoms with Crippen molar-refractivity contribution in [1.82, 2.24) is 20.4 Å². The molecule has 0 unspecified atom stereocenters. The number of H-pyrrole nitrogens is 1. The van der Waals surface area contributed by atoms with Gasteiger partial charge in [0, 0.05) is 28.9 Å². The summed E-state index contributed by atoms with van der Waals surface area (Å²) < 4.78 is 0. The number of benzene rings is 1. The fraction of sp³-hybridized carbons (Fsp3) is 0.474. The fourth-order valence-corrected chi connectivity index (χ4v) is 3.28. The van der Waals surface area contributed by atoms with Gasteiger partial charge in [0.1, 0.15) is 0 Å². The number of aromatic nitrogens is 2. The van der Waals surface area contributed by atoms with E-state index < -0.39 is 0 Å². The fourth-order valence-electron chi connectivity index (χ4n) is 3.28. The predicted octanol–water partition coefficient (Wildman–Crippen LogP) is 2.64. The SMILES string of the molecule is CN(C)CCCNC(=O)c1ccccc1-c1n[nH]c2c1CCCC2. The first kappa shape index (κ1) is 16.7. The number of hydrogen-bond donors (Lipinski definition) is 2. The van der Waals surface area contributed by atoms with E-state index in [9.17, 15) is 4.79 Å². The third kappa shape index (κ3) is 3.67. The molecule has 0 fully saturated rings. The summed E-state index contributed by atoms with van der Waals surface area (Å²) in [7, 11) is 4.08. The van der Waals surface area contributed by atoms with Crippen molar-refractivity contribution in [3.8, 4) is 11.3 Å². The van der Waals surface area contributed by atoms with Gasteiger partial charge < -0.3 is 10.2 Å². The van der Waals surface area contributed by atoms with E-state index in [0.717, 1.165) is 37.1 Å². The Hall–Kier alpha value is -2.14. The zero-order chi connectivity index (χ0) is 16.9. The number of nitrogens with one attached hydrogen (secondary N) is 2. The highest BCUT2D eigenvalue weighted by Gasteiger charge is 2.21. The van der Waals surface area contributed by atoms with Gasteiger partial charge >= 0.3 is 0 Å². The Bertz CT molecular complexity index is 705. The Morgan fingerprint density at radius 2 is 2.04 bits per heavy atom. The number of carbonyl (C=O) groups is 1. The van der Waals surface area contributed by atoms with Gasteiger partial charge in [-0.15, -0.1) is 0 Å². The van der Waals surface area contributed by atoms with Crippen LogP contribution in [0.1, 0.15) is 40.9 Å². The Balaban J connectivity index is 1.78. The van der Waals surface area contributed by atoms with Gasteiger partial charge in [-0.3, -0.25) is 9.89 Å². The normalized spacial score (nSPS) is 13.8. The van der Waals surface area contributed by atoms with E-state index in [1.54, 1.807) is 0 Å². The second-order valence-electron chi connectivity index (χ2n) is 6.69. The number of aryl methyl sites for hydroxylation is 1. The summed E-state index contributed by atoms with van der Waals surface area (Å²) in [5.41, 5.74) is 5.11. The van der Waals surface area contributed by atoms with Gasteiger partial charge in [-0.1, -0.05) is 18.2 Å². The minimum Gasteiger partial charge on any atom is -0.352 e. The van der Waals surface area contributed by atoms with Gasteiger partial charge in [0.15, 0.2) is 0 Å². The second kappa shape index (κ2) is 7.62. The average molecular weight is 326 g/mol. The molecule has 2 aromatic rings.